The van der Waals surface area contributed by atoms with Gasteiger partial charge in [-0.25, -0.2) is 4.79 Å². The first-order valence-electron chi connectivity index (χ1n) is 7.45. The van der Waals surface area contributed by atoms with E-state index in [1.165, 1.54) is 0 Å². The van der Waals surface area contributed by atoms with Gasteiger partial charge in [-0.2, -0.15) is 0 Å². The Labute approximate surface area is 119 Å². The second-order valence-electron chi connectivity index (χ2n) is 5.87. The van der Waals surface area contributed by atoms with Crippen LogP contribution in [-0.2, 0) is 9.53 Å². The molecular weight excluding hydrogens is 260 g/mol. The fourth-order valence-corrected chi connectivity index (χ4v) is 3.06. The monoisotopic (exact) mass is 284 g/mol. The molecule has 0 heterocycles. The van der Waals surface area contributed by atoms with Crippen LogP contribution < -0.4 is 10.6 Å². The van der Waals surface area contributed by atoms with Crippen molar-refractivity contribution in [2.45, 2.75) is 57.6 Å². The van der Waals surface area contributed by atoms with Crippen LogP contribution in [0.4, 0.5) is 4.79 Å². The van der Waals surface area contributed by atoms with E-state index in [4.69, 9.17) is 4.74 Å². The normalized spacial score (nSPS) is 27.6. The molecule has 3 N–H and O–H groups in total. The molecule has 2 saturated carbocycles. The zero-order valence-electron chi connectivity index (χ0n) is 12.0. The molecule has 0 unspecified atom stereocenters. The van der Waals surface area contributed by atoms with Crippen LogP contribution in [0.1, 0.15) is 45.4 Å². The lowest BCUT2D eigenvalue weighted by molar-refractivity contribution is -0.148. The molecule has 0 aromatic rings. The number of nitrogens with one attached hydrogen (secondary N) is 2. The number of carboxylic acid groups (broad SMARTS) is 1. The topological polar surface area (TPSA) is 87.7 Å². The summed E-state index contributed by atoms with van der Waals surface area (Å²) in [6.07, 6.45) is 5.08. The van der Waals surface area contributed by atoms with E-state index in [0.29, 0.717) is 19.4 Å². The lowest BCUT2D eigenvalue weighted by atomic mass is 9.86. The van der Waals surface area contributed by atoms with E-state index >= 15 is 0 Å². The number of amides is 2. The quantitative estimate of drug-likeness (QED) is 0.689. The highest BCUT2D eigenvalue weighted by Crippen LogP contribution is 2.37. The molecule has 0 atom stereocenters. The van der Waals surface area contributed by atoms with Crippen molar-refractivity contribution in [2.75, 3.05) is 13.2 Å². The van der Waals surface area contributed by atoms with Gasteiger partial charge in [0, 0.05) is 19.2 Å². The van der Waals surface area contributed by atoms with Gasteiger partial charge in [0.15, 0.2) is 0 Å². The summed E-state index contributed by atoms with van der Waals surface area (Å²) in [5, 5.41) is 14.9. The Bertz CT molecular complexity index is 360. The zero-order chi connectivity index (χ0) is 14.6. The van der Waals surface area contributed by atoms with E-state index in [9.17, 15) is 14.7 Å². The Kier molecular flexibility index (Phi) is 4.86. The van der Waals surface area contributed by atoms with Crippen LogP contribution >= 0.6 is 0 Å². The summed E-state index contributed by atoms with van der Waals surface area (Å²) >= 11 is 0. The van der Waals surface area contributed by atoms with Gasteiger partial charge in [-0.15, -0.1) is 0 Å². The van der Waals surface area contributed by atoms with Crippen LogP contribution in [0.3, 0.4) is 0 Å². The fraction of sp³-hybridized carbons (Fsp3) is 0.857. The first-order valence-corrected chi connectivity index (χ1v) is 7.45. The van der Waals surface area contributed by atoms with Crippen LogP contribution in [0, 0.1) is 5.41 Å². The Morgan fingerprint density at radius 3 is 2.50 bits per heavy atom. The highest BCUT2D eigenvalue weighted by atomic mass is 16.5. The number of hydrogen-bond donors (Lipinski definition) is 3. The lowest BCUT2D eigenvalue weighted by Gasteiger charge is -2.35. The maximum Gasteiger partial charge on any atom is 0.315 e. The van der Waals surface area contributed by atoms with Crippen LogP contribution in [0.5, 0.6) is 0 Å². The smallest absolute Gasteiger partial charge is 0.315 e. The molecule has 0 radical (unpaired) electrons. The number of ether oxygens (including phenoxy) is 1. The number of urea groups is 1. The standard InChI is InChI=1S/C14H24N2O4/c1-2-20-11-7-10(8-11)16-13(19)15-9-14(12(17)18)5-3-4-6-14/h10-11H,2-9H2,1H3,(H,17,18)(H2,15,16,19). The molecular formula is C14H24N2O4. The number of carbonyl (C=O) groups is 2. The van der Waals surface area contributed by atoms with Gasteiger partial charge in [-0.05, 0) is 32.6 Å². The van der Waals surface area contributed by atoms with E-state index in [1.54, 1.807) is 0 Å². The average Bonchev–Trinajstić information content (AvgIpc) is 2.84. The number of carbonyl (C=O) groups excluding carboxylic acids is 1. The molecule has 2 aliphatic carbocycles. The molecule has 0 spiro atoms. The van der Waals surface area contributed by atoms with Crippen molar-refractivity contribution in [2.24, 2.45) is 5.41 Å². The van der Waals surface area contributed by atoms with Gasteiger partial charge in [0.2, 0.25) is 0 Å². The summed E-state index contributed by atoms with van der Waals surface area (Å²) in [7, 11) is 0. The second kappa shape index (κ2) is 6.43. The third-order valence-electron chi connectivity index (χ3n) is 4.43. The highest BCUT2D eigenvalue weighted by Gasteiger charge is 2.41. The summed E-state index contributed by atoms with van der Waals surface area (Å²) in [5.41, 5.74) is -0.759. The summed E-state index contributed by atoms with van der Waals surface area (Å²) in [6, 6.07) is -0.117. The molecule has 0 aromatic carbocycles. The van der Waals surface area contributed by atoms with Crippen molar-refractivity contribution in [1.82, 2.24) is 10.6 Å². The van der Waals surface area contributed by atoms with Crippen molar-refractivity contribution >= 4 is 12.0 Å². The minimum atomic E-state index is -0.796. The van der Waals surface area contributed by atoms with Crippen molar-refractivity contribution < 1.29 is 19.4 Å². The number of carboxylic acids is 1. The van der Waals surface area contributed by atoms with Gasteiger partial charge in [0.25, 0.3) is 0 Å². The third-order valence-corrected chi connectivity index (χ3v) is 4.43. The number of hydrogen-bond acceptors (Lipinski definition) is 3. The van der Waals surface area contributed by atoms with Crippen LogP contribution in [-0.4, -0.2) is 42.4 Å². The molecule has 0 saturated heterocycles. The van der Waals surface area contributed by atoms with Gasteiger partial charge < -0.3 is 20.5 Å². The van der Waals surface area contributed by atoms with Crippen molar-refractivity contribution in [1.29, 1.82) is 0 Å². The van der Waals surface area contributed by atoms with Crippen LogP contribution in [0.15, 0.2) is 0 Å². The first-order chi connectivity index (χ1) is 9.55. The molecule has 2 aliphatic rings. The molecule has 2 rings (SSSR count). The van der Waals surface area contributed by atoms with Crippen molar-refractivity contribution in [3.8, 4) is 0 Å². The van der Waals surface area contributed by atoms with Gasteiger partial charge >= 0.3 is 12.0 Å². The predicted molar refractivity (Wildman–Crippen MR) is 73.5 cm³/mol. The van der Waals surface area contributed by atoms with E-state index in [1.807, 2.05) is 6.92 Å². The second-order valence-corrected chi connectivity index (χ2v) is 5.87. The van der Waals surface area contributed by atoms with Crippen molar-refractivity contribution in [3.63, 3.8) is 0 Å². The molecule has 20 heavy (non-hydrogen) atoms. The van der Waals surface area contributed by atoms with Gasteiger partial charge in [0.05, 0.1) is 11.5 Å². The van der Waals surface area contributed by atoms with E-state index in [-0.39, 0.29) is 24.7 Å². The highest BCUT2D eigenvalue weighted by molar-refractivity contribution is 5.78. The third kappa shape index (κ3) is 3.42. The molecule has 0 bridgehead atoms. The fourth-order valence-electron chi connectivity index (χ4n) is 3.06. The van der Waals surface area contributed by atoms with E-state index in [0.717, 1.165) is 25.7 Å². The first kappa shape index (κ1) is 15.1. The Balaban J connectivity index is 1.69. The SMILES string of the molecule is CCOC1CC(NC(=O)NCC2(C(=O)O)CCCC2)C1. The molecule has 2 fully saturated rings. The molecule has 6 heteroatoms. The molecule has 114 valence electrons. The average molecular weight is 284 g/mol. The lowest BCUT2D eigenvalue weighted by Crippen LogP contribution is -2.52. The Morgan fingerprint density at radius 1 is 1.30 bits per heavy atom. The van der Waals surface area contributed by atoms with Crippen LogP contribution in [0.25, 0.3) is 0 Å². The zero-order valence-corrected chi connectivity index (χ0v) is 12.0. The van der Waals surface area contributed by atoms with Gasteiger partial charge in [-0.1, -0.05) is 12.8 Å². The summed E-state index contributed by atoms with van der Waals surface area (Å²) in [6.45, 7) is 2.88. The molecule has 0 aromatic heterocycles. The predicted octanol–water partition coefficient (Wildman–Crippen LogP) is 1.50. The van der Waals surface area contributed by atoms with E-state index in [2.05, 4.69) is 10.6 Å². The maximum atomic E-state index is 11.8. The Hall–Kier alpha value is -1.30. The molecule has 2 amide bonds. The molecule has 0 aliphatic heterocycles. The molecule has 6 nitrogen and oxygen atoms in total. The van der Waals surface area contributed by atoms with E-state index < -0.39 is 11.4 Å². The summed E-state index contributed by atoms with van der Waals surface area (Å²) in [5.74, 6) is -0.796. The summed E-state index contributed by atoms with van der Waals surface area (Å²) in [4.78, 5) is 23.1. The minimum Gasteiger partial charge on any atom is -0.481 e. The number of rotatable bonds is 6. The van der Waals surface area contributed by atoms with Crippen molar-refractivity contribution in [3.05, 3.63) is 0 Å². The minimum absolute atomic E-state index is 0.149. The largest absolute Gasteiger partial charge is 0.481 e. The maximum absolute atomic E-state index is 11.8. The van der Waals surface area contributed by atoms with Crippen LogP contribution in [0.2, 0.25) is 0 Å². The summed E-state index contributed by atoms with van der Waals surface area (Å²) < 4.78 is 5.43. The van der Waals surface area contributed by atoms with Gasteiger partial charge in [-0.3, -0.25) is 4.79 Å². The number of aliphatic carboxylic acids is 1. The van der Waals surface area contributed by atoms with Gasteiger partial charge in [0.1, 0.15) is 0 Å². The Morgan fingerprint density at radius 2 is 1.95 bits per heavy atom.